The van der Waals surface area contributed by atoms with E-state index >= 15 is 0 Å². The molecular weight excluding hydrogens is 260 g/mol. The van der Waals surface area contributed by atoms with E-state index in [0.29, 0.717) is 0 Å². The molecule has 1 rings (SSSR count). The van der Waals surface area contributed by atoms with Crippen LogP contribution in [0, 0.1) is 0 Å². The van der Waals surface area contributed by atoms with Gasteiger partial charge >= 0.3 is 0 Å². The lowest BCUT2D eigenvalue weighted by molar-refractivity contribution is 0.0953. The maximum atomic E-state index is 12.2. The van der Waals surface area contributed by atoms with Gasteiger partial charge in [-0.2, -0.15) is 0 Å². The number of rotatable bonds is 11. The van der Waals surface area contributed by atoms with Gasteiger partial charge in [-0.3, -0.25) is 4.79 Å². The monoisotopic (exact) mass is 290 g/mol. The lowest BCUT2D eigenvalue weighted by Gasteiger charge is -2.11. The molecule has 0 aliphatic carbocycles. The van der Waals surface area contributed by atoms with Gasteiger partial charge in [0.2, 0.25) is 0 Å². The fourth-order valence-corrected chi connectivity index (χ4v) is 2.30. The van der Waals surface area contributed by atoms with Crippen molar-refractivity contribution >= 4 is 11.6 Å². The van der Waals surface area contributed by atoms with Crippen molar-refractivity contribution < 1.29 is 4.79 Å². The van der Waals surface area contributed by atoms with Crippen molar-refractivity contribution in [2.24, 2.45) is 0 Å². The molecule has 0 aliphatic rings. The Hall–Kier alpha value is -1.51. The van der Waals surface area contributed by atoms with Crippen molar-refractivity contribution in [3.8, 4) is 0 Å². The summed E-state index contributed by atoms with van der Waals surface area (Å²) >= 11 is 0. The number of unbranched alkanes of at least 4 members (excludes halogenated alkanes) is 5. The first kappa shape index (κ1) is 17.5. The normalized spacial score (nSPS) is 10.4. The molecule has 0 aliphatic heterocycles. The molecule has 0 radical (unpaired) electrons. The van der Waals surface area contributed by atoms with Crippen LogP contribution >= 0.6 is 0 Å². The molecule has 0 heterocycles. The summed E-state index contributed by atoms with van der Waals surface area (Å²) in [6.07, 6.45) is 8.51. The van der Waals surface area contributed by atoms with E-state index in [1.165, 1.54) is 32.1 Å². The number of carbonyl (C=O) groups excluding carboxylic acids is 1. The molecule has 1 amide bonds. The quantitative estimate of drug-likeness (QED) is 0.585. The maximum Gasteiger partial charge on any atom is 0.253 e. The second-order valence-electron chi connectivity index (χ2n) is 5.50. The van der Waals surface area contributed by atoms with Crippen LogP contribution in [0.4, 0.5) is 5.69 Å². The highest BCUT2D eigenvalue weighted by Crippen LogP contribution is 2.14. The third-order valence-corrected chi connectivity index (χ3v) is 3.55. The van der Waals surface area contributed by atoms with Gasteiger partial charge < -0.3 is 10.6 Å². The topological polar surface area (TPSA) is 41.1 Å². The van der Waals surface area contributed by atoms with Crippen LogP contribution in [-0.2, 0) is 0 Å². The average Bonchev–Trinajstić information content (AvgIpc) is 2.52. The van der Waals surface area contributed by atoms with E-state index < -0.39 is 0 Å². The summed E-state index contributed by atoms with van der Waals surface area (Å²) < 4.78 is 0. The second-order valence-corrected chi connectivity index (χ2v) is 5.50. The summed E-state index contributed by atoms with van der Waals surface area (Å²) in [4.78, 5) is 12.2. The smallest absolute Gasteiger partial charge is 0.253 e. The van der Waals surface area contributed by atoms with E-state index in [1.54, 1.807) is 0 Å². The number of benzene rings is 1. The molecule has 2 N–H and O–H groups in total. The summed E-state index contributed by atoms with van der Waals surface area (Å²) in [5, 5.41) is 6.34. The molecule has 0 saturated carbocycles. The van der Waals surface area contributed by atoms with Gasteiger partial charge in [-0.05, 0) is 25.0 Å². The Bertz CT molecular complexity index is 404. The summed E-state index contributed by atoms with van der Waals surface area (Å²) in [6, 6.07) is 7.73. The number of para-hydroxylation sites is 1. The first-order valence-electron chi connectivity index (χ1n) is 8.40. The summed E-state index contributed by atoms with van der Waals surface area (Å²) in [6.45, 7) is 6.01. The van der Waals surface area contributed by atoms with E-state index in [9.17, 15) is 4.79 Å². The van der Waals surface area contributed by atoms with E-state index in [1.807, 2.05) is 24.3 Å². The lowest BCUT2D eigenvalue weighted by atomic mass is 10.1. The highest BCUT2D eigenvalue weighted by atomic mass is 16.1. The van der Waals surface area contributed by atoms with Crippen LogP contribution in [0.1, 0.15) is 69.2 Å². The maximum absolute atomic E-state index is 12.2. The van der Waals surface area contributed by atoms with E-state index in [-0.39, 0.29) is 5.91 Å². The minimum absolute atomic E-state index is 0.0303. The summed E-state index contributed by atoms with van der Waals surface area (Å²) in [5.41, 5.74) is 1.68. The van der Waals surface area contributed by atoms with Crippen molar-refractivity contribution in [2.45, 2.75) is 58.8 Å². The zero-order valence-electron chi connectivity index (χ0n) is 13.6. The molecule has 0 fully saturated rings. The second kappa shape index (κ2) is 11.2. The van der Waals surface area contributed by atoms with E-state index in [0.717, 1.165) is 37.2 Å². The molecule has 21 heavy (non-hydrogen) atoms. The Kier molecular flexibility index (Phi) is 9.34. The van der Waals surface area contributed by atoms with Crippen LogP contribution < -0.4 is 10.6 Å². The Morgan fingerprint density at radius 3 is 2.38 bits per heavy atom. The number of carbonyl (C=O) groups is 1. The van der Waals surface area contributed by atoms with Gasteiger partial charge in [-0.1, -0.05) is 58.1 Å². The number of anilines is 1. The minimum atomic E-state index is 0.0303. The van der Waals surface area contributed by atoms with Crippen molar-refractivity contribution in [1.82, 2.24) is 5.32 Å². The van der Waals surface area contributed by atoms with Crippen LogP contribution in [0.2, 0.25) is 0 Å². The molecule has 0 unspecified atom stereocenters. The molecule has 0 bridgehead atoms. The first-order valence-corrected chi connectivity index (χ1v) is 8.40. The van der Waals surface area contributed by atoms with Crippen LogP contribution in [-0.4, -0.2) is 19.0 Å². The largest absolute Gasteiger partial charge is 0.384 e. The Labute approximate surface area is 129 Å². The molecule has 0 spiro atoms. The van der Waals surface area contributed by atoms with Crippen molar-refractivity contribution in [1.29, 1.82) is 0 Å². The van der Waals surface area contributed by atoms with Crippen LogP contribution in [0.5, 0.6) is 0 Å². The zero-order chi connectivity index (χ0) is 15.3. The highest BCUT2D eigenvalue weighted by Gasteiger charge is 2.09. The third kappa shape index (κ3) is 7.16. The molecular formula is C18H30N2O. The van der Waals surface area contributed by atoms with Gasteiger partial charge in [0.25, 0.3) is 5.91 Å². The summed E-state index contributed by atoms with van der Waals surface area (Å²) in [7, 11) is 0. The molecule has 1 aromatic rings. The molecule has 0 aromatic heterocycles. The van der Waals surface area contributed by atoms with Gasteiger partial charge in [0.1, 0.15) is 0 Å². The predicted molar refractivity (Wildman–Crippen MR) is 90.9 cm³/mol. The lowest BCUT2D eigenvalue weighted by Crippen LogP contribution is -2.25. The highest BCUT2D eigenvalue weighted by molar-refractivity contribution is 5.99. The van der Waals surface area contributed by atoms with E-state index in [4.69, 9.17) is 0 Å². The van der Waals surface area contributed by atoms with Crippen LogP contribution in [0.3, 0.4) is 0 Å². The number of hydrogen-bond acceptors (Lipinski definition) is 2. The zero-order valence-corrected chi connectivity index (χ0v) is 13.6. The van der Waals surface area contributed by atoms with Crippen molar-refractivity contribution in [3.05, 3.63) is 29.8 Å². The molecule has 1 aromatic carbocycles. The summed E-state index contributed by atoms with van der Waals surface area (Å²) in [5.74, 6) is 0.0303. The molecule has 3 nitrogen and oxygen atoms in total. The fraction of sp³-hybridized carbons (Fsp3) is 0.611. The third-order valence-electron chi connectivity index (χ3n) is 3.55. The first-order chi connectivity index (χ1) is 10.3. The van der Waals surface area contributed by atoms with Gasteiger partial charge in [0.15, 0.2) is 0 Å². The molecule has 3 heteroatoms. The van der Waals surface area contributed by atoms with Crippen LogP contribution in [0.15, 0.2) is 24.3 Å². The average molecular weight is 290 g/mol. The van der Waals surface area contributed by atoms with E-state index in [2.05, 4.69) is 24.5 Å². The SMILES string of the molecule is CCCCCCCCNC(=O)c1ccccc1NCCC. The number of amides is 1. The predicted octanol–water partition coefficient (Wildman–Crippen LogP) is 4.60. The number of nitrogens with one attached hydrogen (secondary N) is 2. The molecule has 0 atom stereocenters. The van der Waals surface area contributed by atoms with Crippen LogP contribution in [0.25, 0.3) is 0 Å². The fourth-order valence-electron chi connectivity index (χ4n) is 2.30. The number of hydrogen-bond donors (Lipinski definition) is 2. The molecule has 0 saturated heterocycles. The van der Waals surface area contributed by atoms with Gasteiger partial charge in [0.05, 0.1) is 5.56 Å². The van der Waals surface area contributed by atoms with Gasteiger partial charge in [-0.15, -0.1) is 0 Å². The van der Waals surface area contributed by atoms with Gasteiger partial charge in [-0.25, -0.2) is 0 Å². The minimum Gasteiger partial charge on any atom is -0.384 e. The van der Waals surface area contributed by atoms with Gasteiger partial charge in [0, 0.05) is 18.8 Å². The Balaban J connectivity index is 2.31. The molecule has 118 valence electrons. The Morgan fingerprint density at radius 2 is 1.62 bits per heavy atom. The van der Waals surface area contributed by atoms with Crippen molar-refractivity contribution in [3.63, 3.8) is 0 Å². The van der Waals surface area contributed by atoms with Crippen molar-refractivity contribution in [2.75, 3.05) is 18.4 Å². The Morgan fingerprint density at radius 1 is 0.905 bits per heavy atom. The standard InChI is InChI=1S/C18H30N2O/c1-3-5-6-7-8-11-15-20-18(21)16-12-9-10-13-17(16)19-14-4-2/h9-10,12-13,19H,3-8,11,14-15H2,1-2H3,(H,20,21).